The molecule has 0 spiro atoms. The number of aromatic nitrogens is 3. The Kier molecular flexibility index (Phi) is 7.49. The van der Waals surface area contributed by atoms with Crippen LogP contribution < -0.4 is 11.1 Å². The largest absolute Gasteiger partial charge is 0.352 e. The number of amides is 1. The molecule has 0 aromatic carbocycles. The molecule has 0 aliphatic heterocycles. The minimum absolute atomic E-state index is 0. The Labute approximate surface area is 129 Å². The number of carbonyl (C=O) groups excluding carboxylic acids is 1. The molecule has 6 nitrogen and oxygen atoms in total. The van der Waals surface area contributed by atoms with E-state index in [0.29, 0.717) is 18.7 Å². The van der Waals surface area contributed by atoms with Crippen molar-refractivity contribution in [3.63, 3.8) is 0 Å². The van der Waals surface area contributed by atoms with Crippen molar-refractivity contribution in [3.8, 4) is 0 Å². The predicted molar refractivity (Wildman–Crippen MR) is 83.7 cm³/mol. The van der Waals surface area contributed by atoms with Crippen molar-refractivity contribution in [2.45, 2.75) is 13.3 Å². The Hall–Kier alpha value is -1.37. The Morgan fingerprint density at radius 3 is 2.80 bits per heavy atom. The van der Waals surface area contributed by atoms with Crippen LogP contribution in [0.2, 0.25) is 0 Å². The summed E-state index contributed by atoms with van der Waals surface area (Å²) in [5.41, 5.74) is 7.58. The number of hydrogen-bond donors (Lipinski definition) is 2. The van der Waals surface area contributed by atoms with Crippen molar-refractivity contribution < 1.29 is 4.79 Å². The van der Waals surface area contributed by atoms with Crippen molar-refractivity contribution in [2.75, 3.05) is 13.1 Å². The van der Waals surface area contributed by atoms with Gasteiger partial charge in [0, 0.05) is 25.2 Å². The van der Waals surface area contributed by atoms with Crippen molar-refractivity contribution in [1.82, 2.24) is 20.1 Å². The van der Waals surface area contributed by atoms with Crippen molar-refractivity contribution >= 4 is 41.8 Å². The Bertz CT molecular complexity index is 584. The highest BCUT2D eigenvalue weighted by Crippen LogP contribution is 2.16. The summed E-state index contributed by atoms with van der Waals surface area (Å²) in [6.07, 6.45) is 2.34. The van der Waals surface area contributed by atoms with Gasteiger partial charge in [0.25, 0.3) is 5.91 Å². The fourth-order valence-electron chi connectivity index (χ4n) is 1.84. The summed E-state index contributed by atoms with van der Waals surface area (Å²) >= 11 is 0. The van der Waals surface area contributed by atoms with Gasteiger partial charge in [-0.1, -0.05) is 0 Å². The maximum absolute atomic E-state index is 11.9. The van der Waals surface area contributed by atoms with Crippen LogP contribution in [0.5, 0.6) is 0 Å². The first-order valence-electron chi connectivity index (χ1n) is 5.91. The van der Waals surface area contributed by atoms with Crippen LogP contribution in [-0.2, 0) is 7.05 Å². The number of halogens is 2. The lowest BCUT2D eigenvalue weighted by Gasteiger charge is -2.04. The summed E-state index contributed by atoms with van der Waals surface area (Å²) in [6, 6.07) is 1.82. The lowest BCUT2D eigenvalue weighted by atomic mass is 10.2. The molecule has 0 fully saturated rings. The second-order valence-corrected chi connectivity index (χ2v) is 4.20. The first-order valence-corrected chi connectivity index (χ1v) is 5.91. The number of aryl methyl sites for hydroxylation is 2. The van der Waals surface area contributed by atoms with Crippen LogP contribution in [0.3, 0.4) is 0 Å². The number of nitrogens with one attached hydrogen (secondary N) is 1. The van der Waals surface area contributed by atoms with Crippen LogP contribution in [0.25, 0.3) is 11.0 Å². The van der Waals surface area contributed by atoms with E-state index in [1.54, 1.807) is 10.9 Å². The molecule has 112 valence electrons. The van der Waals surface area contributed by atoms with Crippen LogP contribution in [-0.4, -0.2) is 33.8 Å². The van der Waals surface area contributed by atoms with Crippen LogP contribution in [0.4, 0.5) is 0 Å². The molecule has 0 aliphatic rings. The molecular weight excluding hydrogens is 301 g/mol. The average Bonchev–Trinajstić information content (AvgIpc) is 2.65. The van der Waals surface area contributed by atoms with E-state index in [9.17, 15) is 4.79 Å². The number of hydrogen-bond acceptors (Lipinski definition) is 4. The number of nitrogens with two attached hydrogens (primary N) is 1. The molecule has 2 rings (SSSR count). The lowest BCUT2D eigenvalue weighted by molar-refractivity contribution is 0.0953. The van der Waals surface area contributed by atoms with Crippen molar-refractivity contribution in [3.05, 3.63) is 23.5 Å². The average molecular weight is 320 g/mol. The molecular formula is C12H19Cl2N5O. The van der Waals surface area contributed by atoms with E-state index < -0.39 is 0 Å². The molecule has 2 aromatic heterocycles. The van der Waals surface area contributed by atoms with E-state index >= 15 is 0 Å². The first-order chi connectivity index (χ1) is 8.63. The second-order valence-electron chi connectivity index (χ2n) is 4.20. The van der Waals surface area contributed by atoms with Gasteiger partial charge in [0.1, 0.15) is 0 Å². The SMILES string of the molecule is Cc1nn(C)c2ncc(C(=O)NCCCN)cc12.Cl.Cl. The molecule has 0 bridgehead atoms. The van der Waals surface area contributed by atoms with Crippen LogP contribution in [0, 0.1) is 6.92 Å². The van der Waals surface area contributed by atoms with Gasteiger partial charge in [-0.3, -0.25) is 9.48 Å². The minimum Gasteiger partial charge on any atom is -0.352 e. The molecule has 8 heteroatoms. The van der Waals surface area contributed by atoms with Gasteiger partial charge in [0.05, 0.1) is 11.3 Å². The number of pyridine rings is 1. The third-order valence-electron chi connectivity index (χ3n) is 2.79. The summed E-state index contributed by atoms with van der Waals surface area (Å²) in [4.78, 5) is 16.1. The highest BCUT2D eigenvalue weighted by molar-refractivity contribution is 5.97. The Morgan fingerprint density at radius 2 is 2.15 bits per heavy atom. The molecule has 1 amide bonds. The molecule has 2 aromatic rings. The van der Waals surface area contributed by atoms with E-state index in [0.717, 1.165) is 23.1 Å². The van der Waals surface area contributed by atoms with Crippen molar-refractivity contribution in [2.24, 2.45) is 12.8 Å². The Balaban J connectivity index is 0.00000180. The van der Waals surface area contributed by atoms with Gasteiger partial charge in [-0.25, -0.2) is 4.98 Å². The van der Waals surface area contributed by atoms with E-state index in [-0.39, 0.29) is 30.7 Å². The van der Waals surface area contributed by atoms with E-state index in [4.69, 9.17) is 5.73 Å². The lowest BCUT2D eigenvalue weighted by Crippen LogP contribution is -2.26. The van der Waals surface area contributed by atoms with E-state index in [2.05, 4.69) is 15.4 Å². The fraction of sp³-hybridized carbons (Fsp3) is 0.417. The highest BCUT2D eigenvalue weighted by Gasteiger charge is 2.11. The third-order valence-corrected chi connectivity index (χ3v) is 2.79. The zero-order chi connectivity index (χ0) is 13.1. The van der Waals surface area contributed by atoms with E-state index in [1.807, 2.05) is 20.0 Å². The van der Waals surface area contributed by atoms with Gasteiger partial charge in [0.15, 0.2) is 5.65 Å². The van der Waals surface area contributed by atoms with Gasteiger partial charge >= 0.3 is 0 Å². The summed E-state index contributed by atoms with van der Waals surface area (Å²) in [6.45, 7) is 3.05. The molecule has 20 heavy (non-hydrogen) atoms. The number of nitrogens with zero attached hydrogens (tertiary/aromatic N) is 3. The standard InChI is InChI=1S/C12H17N5O.2ClH/c1-8-10-6-9(12(18)14-5-3-4-13)7-15-11(10)17(2)16-8;;/h6-7H,3-5,13H2,1-2H3,(H,14,18);2*1H. The highest BCUT2D eigenvalue weighted by atomic mass is 35.5. The van der Waals surface area contributed by atoms with Gasteiger partial charge in [-0.15, -0.1) is 24.8 Å². The smallest absolute Gasteiger partial charge is 0.252 e. The Morgan fingerprint density at radius 1 is 1.45 bits per heavy atom. The molecule has 0 radical (unpaired) electrons. The quantitative estimate of drug-likeness (QED) is 0.829. The zero-order valence-electron chi connectivity index (χ0n) is 11.4. The predicted octanol–water partition coefficient (Wildman–Crippen LogP) is 1.20. The van der Waals surface area contributed by atoms with Crippen LogP contribution >= 0.6 is 24.8 Å². The normalized spacial score (nSPS) is 9.75. The molecule has 0 unspecified atom stereocenters. The fourth-order valence-corrected chi connectivity index (χ4v) is 1.84. The number of fused-ring (bicyclic) bond motifs is 1. The summed E-state index contributed by atoms with van der Waals surface area (Å²) < 4.78 is 1.71. The van der Waals surface area contributed by atoms with Gasteiger partial charge < -0.3 is 11.1 Å². The summed E-state index contributed by atoms with van der Waals surface area (Å²) in [5.74, 6) is -0.124. The first kappa shape index (κ1) is 18.6. The molecule has 0 saturated heterocycles. The van der Waals surface area contributed by atoms with Crippen LogP contribution in [0.1, 0.15) is 22.5 Å². The topological polar surface area (TPSA) is 85.8 Å². The van der Waals surface area contributed by atoms with Crippen LogP contribution in [0.15, 0.2) is 12.3 Å². The van der Waals surface area contributed by atoms with E-state index in [1.165, 1.54) is 0 Å². The number of carbonyl (C=O) groups is 1. The monoisotopic (exact) mass is 319 g/mol. The summed E-state index contributed by atoms with van der Waals surface area (Å²) in [5, 5.41) is 7.98. The second kappa shape index (κ2) is 8.04. The molecule has 3 N–H and O–H groups in total. The maximum Gasteiger partial charge on any atom is 0.252 e. The molecule has 0 atom stereocenters. The minimum atomic E-state index is -0.124. The van der Waals surface area contributed by atoms with Gasteiger partial charge in [0.2, 0.25) is 0 Å². The molecule has 2 heterocycles. The van der Waals surface area contributed by atoms with Gasteiger partial charge in [-0.2, -0.15) is 5.10 Å². The molecule has 0 saturated carbocycles. The van der Waals surface area contributed by atoms with Crippen molar-refractivity contribution in [1.29, 1.82) is 0 Å². The molecule has 0 aliphatic carbocycles. The zero-order valence-corrected chi connectivity index (χ0v) is 13.1. The van der Waals surface area contributed by atoms with Gasteiger partial charge in [-0.05, 0) is 26.0 Å². The summed E-state index contributed by atoms with van der Waals surface area (Å²) in [7, 11) is 1.84. The maximum atomic E-state index is 11.9. The third kappa shape index (κ3) is 3.82. The number of rotatable bonds is 4.